The Balaban J connectivity index is 1.66. The monoisotopic (exact) mass is 446 g/mol. The molecule has 0 saturated carbocycles. The summed E-state index contributed by atoms with van der Waals surface area (Å²) in [5, 5.41) is 49.6. The molecule has 5 N–H and O–H groups in total. The van der Waals surface area contributed by atoms with E-state index in [2.05, 4.69) is 0 Å². The van der Waals surface area contributed by atoms with Gasteiger partial charge in [-0.2, -0.15) is 0 Å². The Bertz CT molecular complexity index is 1150. The molecule has 2 heterocycles. The highest BCUT2D eigenvalue weighted by atomic mass is 16.7. The number of ether oxygens (including phenoxy) is 3. The third kappa shape index (κ3) is 3.90. The number of aliphatic hydroxyl groups excluding tert-OH is 4. The highest BCUT2D eigenvalue weighted by Crippen LogP contribution is 2.32. The molecule has 5 atom stereocenters. The molecule has 0 bridgehead atoms. The number of aromatic hydroxyl groups is 1. The number of hydrogen-bond donors (Lipinski definition) is 5. The smallest absolute Gasteiger partial charge is 0.229 e. The van der Waals surface area contributed by atoms with Crippen molar-refractivity contribution in [3.63, 3.8) is 0 Å². The minimum absolute atomic E-state index is 0.0202. The van der Waals surface area contributed by atoms with Gasteiger partial charge in [0.05, 0.1) is 19.3 Å². The highest BCUT2D eigenvalue weighted by Gasteiger charge is 2.44. The Morgan fingerprint density at radius 3 is 2.38 bits per heavy atom. The lowest BCUT2D eigenvalue weighted by Crippen LogP contribution is -2.60. The lowest BCUT2D eigenvalue weighted by molar-refractivity contribution is -0.277. The van der Waals surface area contributed by atoms with Crippen molar-refractivity contribution in [2.24, 2.45) is 0 Å². The van der Waals surface area contributed by atoms with Crippen molar-refractivity contribution in [2.75, 3.05) is 13.7 Å². The number of aliphatic hydroxyl groups is 4. The molecule has 0 radical (unpaired) electrons. The molecule has 32 heavy (non-hydrogen) atoms. The molecule has 1 aliphatic heterocycles. The number of hydrogen-bond acceptors (Lipinski definition) is 10. The van der Waals surface area contributed by atoms with Crippen LogP contribution in [0.5, 0.6) is 17.2 Å². The number of phenols is 1. The molecule has 0 spiro atoms. The summed E-state index contributed by atoms with van der Waals surface area (Å²) in [6, 6.07) is 9.20. The molecule has 170 valence electrons. The SMILES string of the molecule is COc1ccc(-c2coc3cc(O[C@H]4O[C@H](CO)[C@@H](O)[C@@H](O)[C@@H]4O)cc(O)c3c2=O)cc1. The third-order valence-corrected chi connectivity index (χ3v) is 5.33. The zero-order valence-corrected chi connectivity index (χ0v) is 16.9. The summed E-state index contributed by atoms with van der Waals surface area (Å²) in [6.07, 6.45) is -6.14. The number of benzene rings is 2. The van der Waals surface area contributed by atoms with E-state index in [0.29, 0.717) is 11.3 Å². The average molecular weight is 446 g/mol. The fourth-order valence-electron chi connectivity index (χ4n) is 3.54. The standard InChI is InChI=1S/C22H22O10/c1-29-11-4-2-10(3-5-11)13-9-30-15-7-12(6-14(24)17(15)18(13)25)31-22-21(28)20(27)19(26)16(8-23)32-22/h2-7,9,16,19-24,26-28H,8H2,1H3/t16-,19-,20-,21+,22+/m1/s1. The Morgan fingerprint density at radius 2 is 1.72 bits per heavy atom. The van der Waals surface area contributed by atoms with E-state index in [1.54, 1.807) is 24.3 Å². The largest absolute Gasteiger partial charge is 0.507 e. The van der Waals surface area contributed by atoms with Crippen LogP contribution in [0, 0.1) is 0 Å². The maximum atomic E-state index is 13.0. The van der Waals surface area contributed by atoms with Crippen LogP contribution in [0.3, 0.4) is 0 Å². The Labute approximate surface area is 181 Å². The second-order valence-electron chi connectivity index (χ2n) is 7.34. The van der Waals surface area contributed by atoms with Gasteiger partial charge in [0.1, 0.15) is 58.9 Å². The fraction of sp³-hybridized carbons (Fsp3) is 0.318. The summed E-state index contributed by atoms with van der Waals surface area (Å²) in [4.78, 5) is 13.0. The molecule has 10 nitrogen and oxygen atoms in total. The van der Waals surface area contributed by atoms with E-state index < -0.39 is 48.5 Å². The van der Waals surface area contributed by atoms with Crippen LogP contribution in [-0.2, 0) is 4.74 Å². The van der Waals surface area contributed by atoms with E-state index in [4.69, 9.17) is 18.6 Å². The Morgan fingerprint density at radius 1 is 1.00 bits per heavy atom. The minimum Gasteiger partial charge on any atom is -0.507 e. The quantitative estimate of drug-likeness (QED) is 0.370. The maximum absolute atomic E-state index is 13.0. The number of phenolic OH excluding ortho intramolecular Hbond substituents is 1. The van der Waals surface area contributed by atoms with Gasteiger partial charge < -0.3 is 44.2 Å². The molecule has 1 saturated heterocycles. The van der Waals surface area contributed by atoms with E-state index >= 15 is 0 Å². The topological polar surface area (TPSA) is 159 Å². The van der Waals surface area contributed by atoms with E-state index in [-0.39, 0.29) is 22.3 Å². The molecule has 3 aromatic rings. The molecule has 0 unspecified atom stereocenters. The molecule has 10 heteroatoms. The van der Waals surface area contributed by atoms with Gasteiger partial charge in [-0.15, -0.1) is 0 Å². The fourth-order valence-corrected chi connectivity index (χ4v) is 3.54. The van der Waals surface area contributed by atoms with Crippen molar-refractivity contribution in [1.29, 1.82) is 0 Å². The number of fused-ring (bicyclic) bond motifs is 1. The van der Waals surface area contributed by atoms with Crippen LogP contribution in [-0.4, -0.2) is 70.0 Å². The van der Waals surface area contributed by atoms with E-state index in [0.717, 1.165) is 6.07 Å². The van der Waals surface area contributed by atoms with Crippen LogP contribution < -0.4 is 14.9 Å². The predicted molar refractivity (Wildman–Crippen MR) is 111 cm³/mol. The molecule has 0 aliphatic carbocycles. The van der Waals surface area contributed by atoms with Crippen molar-refractivity contribution in [3.05, 3.63) is 52.9 Å². The van der Waals surface area contributed by atoms with Crippen LogP contribution in [0.4, 0.5) is 0 Å². The maximum Gasteiger partial charge on any atom is 0.229 e. The molecule has 1 aromatic heterocycles. The van der Waals surface area contributed by atoms with Crippen molar-refractivity contribution < 1.29 is 44.2 Å². The summed E-state index contributed by atoms with van der Waals surface area (Å²) in [5.41, 5.74) is 0.362. The third-order valence-electron chi connectivity index (χ3n) is 5.33. The van der Waals surface area contributed by atoms with Crippen molar-refractivity contribution in [1.82, 2.24) is 0 Å². The van der Waals surface area contributed by atoms with Gasteiger partial charge >= 0.3 is 0 Å². The second kappa shape index (κ2) is 8.77. The molecular weight excluding hydrogens is 424 g/mol. The van der Waals surface area contributed by atoms with Gasteiger partial charge in [-0.1, -0.05) is 12.1 Å². The van der Waals surface area contributed by atoms with Gasteiger partial charge in [-0.05, 0) is 17.7 Å². The van der Waals surface area contributed by atoms with Crippen LogP contribution in [0.1, 0.15) is 0 Å². The van der Waals surface area contributed by atoms with Crippen molar-refractivity contribution in [2.45, 2.75) is 30.7 Å². The minimum atomic E-state index is -1.63. The molecule has 2 aromatic carbocycles. The lowest BCUT2D eigenvalue weighted by Gasteiger charge is -2.39. The first-order valence-electron chi connectivity index (χ1n) is 9.74. The molecule has 4 rings (SSSR count). The average Bonchev–Trinajstić information content (AvgIpc) is 2.79. The molecule has 1 fully saturated rings. The summed E-state index contributed by atoms with van der Waals surface area (Å²) < 4.78 is 21.4. The zero-order valence-electron chi connectivity index (χ0n) is 16.9. The first kappa shape index (κ1) is 22.1. The first-order chi connectivity index (χ1) is 15.3. The van der Waals surface area contributed by atoms with Gasteiger partial charge in [0.25, 0.3) is 0 Å². The summed E-state index contributed by atoms with van der Waals surface area (Å²) >= 11 is 0. The number of methoxy groups -OCH3 is 1. The Kier molecular flexibility index (Phi) is 6.04. The van der Waals surface area contributed by atoms with Crippen LogP contribution >= 0.6 is 0 Å². The molecule has 1 aliphatic rings. The predicted octanol–water partition coefficient (Wildman–Crippen LogP) is 0.353. The van der Waals surface area contributed by atoms with Crippen LogP contribution in [0.15, 0.2) is 51.9 Å². The van der Waals surface area contributed by atoms with Gasteiger partial charge in [-0.3, -0.25) is 4.79 Å². The van der Waals surface area contributed by atoms with Gasteiger partial charge in [-0.25, -0.2) is 0 Å². The number of rotatable bonds is 5. The summed E-state index contributed by atoms with van der Waals surface area (Å²) in [5.74, 6) is 0.169. The Hall–Kier alpha value is -3.15. The van der Waals surface area contributed by atoms with E-state index in [1.165, 1.54) is 19.4 Å². The lowest BCUT2D eigenvalue weighted by atomic mass is 9.99. The summed E-state index contributed by atoms with van der Waals surface area (Å²) in [6.45, 7) is -0.614. The second-order valence-corrected chi connectivity index (χ2v) is 7.34. The van der Waals surface area contributed by atoms with Gasteiger partial charge in [0.2, 0.25) is 11.7 Å². The van der Waals surface area contributed by atoms with Gasteiger partial charge in [0, 0.05) is 12.1 Å². The van der Waals surface area contributed by atoms with Crippen LogP contribution in [0.2, 0.25) is 0 Å². The van der Waals surface area contributed by atoms with E-state index in [1.807, 2.05) is 0 Å². The normalized spacial score (nSPS) is 25.6. The van der Waals surface area contributed by atoms with Crippen LogP contribution in [0.25, 0.3) is 22.1 Å². The first-order valence-corrected chi connectivity index (χ1v) is 9.74. The summed E-state index contributed by atoms with van der Waals surface area (Å²) in [7, 11) is 1.53. The molecular formula is C22H22O10. The van der Waals surface area contributed by atoms with Crippen molar-refractivity contribution in [3.8, 4) is 28.4 Å². The van der Waals surface area contributed by atoms with Gasteiger partial charge in [0.15, 0.2) is 0 Å². The highest BCUT2D eigenvalue weighted by molar-refractivity contribution is 5.88. The van der Waals surface area contributed by atoms with E-state index in [9.17, 15) is 30.3 Å². The van der Waals surface area contributed by atoms with Crippen molar-refractivity contribution >= 4 is 11.0 Å². The molecule has 0 amide bonds. The zero-order chi connectivity index (χ0) is 23.0.